The summed E-state index contributed by atoms with van der Waals surface area (Å²) in [6, 6.07) is 7.33. The third kappa shape index (κ3) is 8.86. The molecule has 1 heterocycles. The summed E-state index contributed by atoms with van der Waals surface area (Å²) in [6.45, 7) is 5.63. The molecule has 2 rings (SSSR count). The van der Waals surface area contributed by atoms with Gasteiger partial charge in [-0.05, 0) is 26.0 Å². The first-order chi connectivity index (χ1) is 13.8. The summed E-state index contributed by atoms with van der Waals surface area (Å²) in [6.07, 6.45) is -4.10. The van der Waals surface area contributed by atoms with Crippen molar-refractivity contribution in [1.82, 2.24) is 20.9 Å². The molecule has 2 aromatic rings. The summed E-state index contributed by atoms with van der Waals surface area (Å²) in [5.74, 6) is 0.381. The number of nitrogens with one attached hydrogen (secondary N) is 3. The molecule has 0 radical (unpaired) electrons. The predicted octanol–water partition coefficient (Wildman–Crippen LogP) is 3.62. The molecule has 1 aromatic heterocycles. The maximum absolute atomic E-state index is 12.6. The van der Waals surface area contributed by atoms with Crippen LogP contribution >= 0.6 is 35.3 Å². The Morgan fingerprint density at radius 3 is 2.57 bits per heavy atom. The monoisotopic (exact) mass is 555 g/mol. The molecule has 0 atom stereocenters. The zero-order valence-corrected chi connectivity index (χ0v) is 19.8. The van der Waals surface area contributed by atoms with Crippen molar-refractivity contribution in [1.29, 1.82) is 0 Å². The van der Waals surface area contributed by atoms with Crippen LogP contribution in [0.1, 0.15) is 33.5 Å². The lowest BCUT2D eigenvalue weighted by Crippen LogP contribution is -2.41. The number of hydrogen-bond donors (Lipinski definition) is 3. The summed E-state index contributed by atoms with van der Waals surface area (Å²) >= 11 is 0.976. The van der Waals surface area contributed by atoms with E-state index in [-0.39, 0.29) is 29.9 Å². The number of nitrogens with zero attached hydrogens (tertiary/aromatic N) is 2. The summed E-state index contributed by atoms with van der Waals surface area (Å²) < 4.78 is 37.7. The number of aliphatic imine (C=N–C) groups is 1. The molecule has 0 fully saturated rings. The number of aromatic nitrogens is 1. The number of guanidine groups is 1. The fourth-order valence-corrected chi connectivity index (χ4v) is 3.20. The number of benzene rings is 1. The maximum Gasteiger partial charge on any atom is 0.434 e. The van der Waals surface area contributed by atoms with E-state index >= 15 is 0 Å². The number of alkyl halides is 3. The lowest BCUT2D eigenvalue weighted by molar-refractivity contribution is -0.140. The molecule has 0 aliphatic carbocycles. The number of carbonyl (C=O) groups is 1. The lowest BCUT2D eigenvalue weighted by Gasteiger charge is -2.12. The van der Waals surface area contributed by atoms with Crippen LogP contribution in [0.4, 0.5) is 13.2 Å². The van der Waals surface area contributed by atoms with Crippen LogP contribution in [-0.4, -0.2) is 43.0 Å². The Morgan fingerprint density at radius 1 is 1.20 bits per heavy atom. The first-order valence-electron chi connectivity index (χ1n) is 9.18. The molecule has 0 saturated heterocycles. The standard InChI is InChI=1S/C19H24F3N5OS.HI/c1-3-23-18(25-8-7-16-27-15(12-29-16)19(20,21)22)26-10-9-24-17(28)14-6-4-5-13(2)11-14;/h4-6,11-12H,3,7-10H2,1-2H3,(H,24,28)(H2,23,25,26);1H. The van der Waals surface area contributed by atoms with E-state index in [9.17, 15) is 18.0 Å². The summed E-state index contributed by atoms with van der Waals surface area (Å²) in [5, 5.41) is 10.4. The van der Waals surface area contributed by atoms with E-state index in [1.165, 1.54) is 0 Å². The van der Waals surface area contributed by atoms with Crippen molar-refractivity contribution in [2.45, 2.75) is 26.4 Å². The van der Waals surface area contributed by atoms with Gasteiger partial charge in [0.1, 0.15) is 0 Å². The largest absolute Gasteiger partial charge is 0.434 e. The van der Waals surface area contributed by atoms with Crippen molar-refractivity contribution in [3.05, 3.63) is 51.5 Å². The third-order valence-corrected chi connectivity index (χ3v) is 4.67. The van der Waals surface area contributed by atoms with Gasteiger partial charge in [-0.2, -0.15) is 13.2 Å². The third-order valence-electron chi connectivity index (χ3n) is 3.77. The van der Waals surface area contributed by atoms with Crippen LogP contribution < -0.4 is 16.0 Å². The van der Waals surface area contributed by atoms with Gasteiger partial charge in [0.15, 0.2) is 11.7 Å². The van der Waals surface area contributed by atoms with Gasteiger partial charge >= 0.3 is 6.18 Å². The average molecular weight is 555 g/mol. The molecular formula is C19H25F3IN5OS. The fourth-order valence-electron chi connectivity index (χ4n) is 2.41. The second-order valence-electron chi connectivity index (χ2n) is 6.19. The molecule has 0 unspecified atom stereocenters. The molecule has 166 valence electrons. The molecule has 0 aliphatic rings. The molecule has 1 amide bonds. The van der Waals surface area contributed by atoms with Gasteiger partial charge in [-0.1, -0.05) is 17.7 Å². The van der Waals surface area contributed by atoms with Crippen LogP contribution in [0, 0.1) is 6.92 Å². The molecule has 0 saturated carbocycles. The van der Waals surface area contributed by atoms with E-state index in [0.29, 0.717) is 49.1 Å². The van der Waals surface area contributed by atoms with Gasteiger partial charge in [0.05, 0.1) is 5.01 Å². The van der Waals surface area contributed by atoms with Crippen LogP contribution in [0.25, 0.3) is 0 Å². The minimum absolute atomic E-state index is 0. The second-order valence-corrected chi connectivity index (χ2v) is 7.13. The van der Waals surface area contributed by atoms with E-state index in [1.54, 1.807) is 6.07 Å². The lowest BCUT2D eigenvalue weighted by atomic mass is 10.1. The van der Waals surface area contributed by atoms with Crippen LogP contribution in [0.5, 0.6) is 0 Å². The molecule has 0 bridgehead atoms. The highest BCUT2D eigenvalue weighted by molar-refractivity contribution is 14.0. The minimum Gasteiger partial charge on any atom is -0.357 e. The number of halogens is 4. The van der Waals surface area contributed by atoms with E-state index in [0.717, 1.165) is 22.3 Å². The van der Waals surface area contributed by atoms with Gasteiger partial charge in [0.2, 0.25) is 0 Å². The molecule has 6 nitrogen and oxygen atoms in total. The van der Waals surface area contributed by atoms with E-state index < -0.39 is 11.9 Å². The van der Waals surface area contributed by atoms with Gasteiger partial charge in [0, 0.05) is 43.5 Å². The van der Waals surface area contributed by atoms with Crippen molar-refractivity contribution in [2.24, 2.45) is 4.99 Å². The number of amides is 1. The summed E-state index contributed by atoms with van der Waals surface area (Å²) in [5.41, 5.74) is 0.753. The molecule has 1 aromatic carbocycles. The Kier molecular flexibility index (Phi) is 11.1. The Labute approximate surface area is 194 Å². The van der Waals surface area contributed by atoms with Crippen molar-refractivity contribution >= 4 is 47.2 Å². The molecule has 3 N–H and O–H groups in total. The maximum atomic E-state index is 12.6. The number of hydrogen-bond acceptors (Lipinski definition) is 4. The normalized spacial score (nSPS) is 11.6. The predicted molar refractivity (Wildman–Crippen MR) is 124 cm³/mol. The number of thiazole rings is 1. The van der Waals surface area contributed by atoms with Crippen molar-refractivity contribution in [3.8, 4) is 0 Å². The average Bonchev–Trinajstić information content (AvgIpc) is 3.14. The Hall–Kier alpha value is -1.89. The van der Waals surface area contributed by atoms with Crippen LogP contribution in [0.2, 0.25) is 0 Å². The van der Waals surface area contributed by atoms with Crippen molar-refractivity contribution in [3.63, 3.8) is 0 Å². The van der Waals surface area contributed by atoms with Crippen LogP contribution in [-0.2, 0) is 12.6 Å². The SMILES string of the molecule is CCNC(=NCCc1nc(C(F)(F)F)cs1)NCCNC(=O)c1cccc(C)c1.I. The minimum atomic E-state index is -4.42. The topological polar surface area (TPSA) is 78.4 Å². The van der Waals surface area contributed by atoms with Crippen LogP contribution in [0.3, 0.4) is 0 Å². The molecular weight excluding hydrogens is 530 g/mol. The highest BCUT2D eigenvalue weighted by Gasteiger charge is 2.33. The molecule has 0 spiro atoms. The number of rotatable bonds is 8. The molecule has 0 aliphatic heterocycles. The number of aryl methyl sites for hydroxylation is 1. The van der Waals surface area contributed by atoms with Crippen molar-refractivity contribution < 1.29 is 18.0 Å². The van der Waals surface area contributed by atoms with Gasteiger partial charge < -0.3 is 16.0 Å². The zero-order chi connectivity index (χ0) is 21.3. The quantitative estimate of drug-likeness (QED) is 0.201. The Balaban J connectivity index is 0.00000450. The Morgan fingerprint density at radius 2 is 1.93 bits per heavy atom. The van der Waals surface area contributed by atoms with E-state index in [4.69, 9.17) is 0 Å². The highest BCUT2D eigenvalue weighted by atomic mass is 127. The second kappa shape index (κ2) is 12.7. The summed E-state index contributed by atoms with van der Waals surface area (Å²) in [7, 11) is 0. The van der Waals surface area contributed by atoms with Gasteiger partial charge in [-0.15, -0.1) is 35.3 Å². The van der Waals surface area contributed by atoms with Crippen LogP contribution in [0.15, 0.2) is 34.6 Å². The highest BCUT2D eigenvalue weighted by Crippen LogP contribution is 2.30. The van der Waals surface area contributed by atoms with Gasteiger partial charge in [-0.3, -0.25) is 9.79 Å². The fraction of sp³-hybridized carbons (Fsp3) is 0.421. The molecule has 30 heavy (non-hydrogen) atoms. The zero-order valence-electron chi connectivity index (χ0n) is 16.7. The van der Waals surface area contributed by atoms with Crippen molar-refractivity contribution in [2.75, 3.05) is 26.2 Å². The van der Waals surface area contributed by atoms with Gasteiger partial charge in [0.25, 0.3) is 5.91 Å². The first kappa shape index (κ1) is 26.1. The smallest absolute Gasteiger partial charge is 0.357 e. The summed E-state index contributed by atoms with van der Waals surface area (Å²) in [4.78, 5) is 20.0. The molecule has 11 heteroatoms. The Bertz CT molecular complexity index is 842. The van der Waals surface area contributed by atoms with E-state index in [2.05, 4.69) is 25.9 Å². The number of carbonyl (C=O) groups excluding carboxylic acids is 1. The van der Waals surface area contributed by atoms with E-state index in [1.807, 2.05) is 32.0 Å². The van der Waals surface area contributed by atoms with Gasteiger partial charge in [-0.25, -0.2) is 4.98 Å². The first-order valence-corrected chi connectivity index (χ1v) is 10.1.